The van der Waals surface area contributed by atoms with E-state index in [9.17, 15) is 8.42 Å². The van der Waals surface area contributed by atoms with Crippen LogP contribution in [0.2, 0.25) is 0 Å². The SMILES string of the molecule is COCCN(Cc1nccn1Cc1ccccc1C)S(=O)(=O)c1ccc(C)cc1. The molecule has 0 atom stereocenters. The third-order valence-corrected chi connectivity index (χ3v) is 6.78. The maximum atomic E-state index is 13.2. The summed E-state index contributed by atoms with van der Waals surface area (Å²) in [5, 5.41) is 0. The average Bonchev–Trinajstić information content (AvgIpc) is 3.14. The van der Waals surface area contributed by atoms with Crippen LogP contribution in [0.15, 0.2) is 65.8 Å². The van der Waals surface area contributed by atoms with E-state index in [0.717, 1.165) is 5.56 Å². The van der Waals surface area contributed by atoms with E-state index in [1.54, 1.807) is 37.6 Å². The molecule has 3 rings (SSSR count). The minimum atomic E-state index is -3.66. The molecule has 2 aromatic carbocycles. The number of benzene rings is 2. The molecule has 154 valence electrons. The molecule has 0 N–H and O–H groups in total. The predicted molar refractivity (Wildman–Crippen MR) is 113 cm³/mol. The zero-order chi connectivity index (χ0) is 20.9. The van der Waals surface area contributed by atoms with Crippen LogP contribution in [0.4, 0.5) is 0 Å². The summed E-state index contributed by atoms with van der Waals surface area (Å²) >= 11 is 0. The number of rotatable bonds is 9. The summed E-state index contributed by atoms with van der Waals surface area (Å²) in [5.41, 5.74) is 3.38. The largest absolute Gasteiger partial charge is 0.383 e. The highest BCUT2D eigenvalue weighted by Gasteiger charge is 2.26. The van der Waals surface area contributed by atoms with Gasteiger partial charge in [0.2, 0.25) is 10.0 Å². The van der Waals surface area contributed by atoms with Gasteiger partial charge in [0.25, 0.3) is 0 Å². The fourth-order valence-electron chi connectivity index (χ4n) is 3.10. The van der Waals surface area contributed by atoms with E-state index in [0.29, 0.717) is 19.0 Å². The molecular weight excluding hydrogens is 386 g/mol. The maximum Gasteiger partial charge on any atom is 0.243 e. The molecule has 0 unspecified atom stereocenters. The molecule has 0 aliphatic heterocycles. The van der Waals surface area contributed by atoms with Crippen molar-refractivity contribution in [3.63, 3.8) is 0 Å². The van der Waals surface area contributed by atoms with Crippen molar-refractivity contribution < 1.29 is 13.2 Å². The Bertz CT molecular complexity index is 1040. The quantitative estimate of drug-likeness (QED) is 0.539. The van der Waals surface area contributed by atoms with Crippen molar-refractivity contribution >= 4 is 10.0 Å². The number of aromatic nitrogens is 2. The van der Waals surface area contributed by atoms with Crippen LogP contribution in [0.5, 0.6) is 0 Å². The number of hydrogen-bond acceptors (Lipinski definition) is 4. The highest BCUT2D eigenvalue weighted by Crippen LogP contribution is 2.19. The molecule has 0 bridgehead atoms. The molecule has 6 nitrogen and oxygen atoms in total. The third-order valence-electron chi connectivity index (χ3n) is 4.92. The Morgan fingerprint density at radius 3 is 2.48 bits per heavy atom. The molecule has 0 saturated heterocycles. The lowest BCUT2D eigenvalue weighted by Gasteiger charge is -2.22. The fourth-order valence-corrected chi connectivity index (χ4v) is 4.48. The van der Waals surface area contributed by atoms with E-state index in [1.807, 2.05) is 29.8 Å². The number of aryl methyl sites for hydroxylation is 2. The van der Waals surface area contributed by atoms with Gasteiger partial charge in [0.15, 0.2) is 0 Å². The van der Waals surface area contributed by atoms with Crippen molar-refractivity contribution in [3.8, 4) is 0 Å². The van der Waals surface area contributed by atoms with Crippen LogP contribution < -0.4 is 0 Å². The second kappa shape index (κ2) is 9.35. The molecule has 29 heavy (non-hydrogen) atoms. The highest BCUT2D eigenvalue weighted by molar-refractivity contribution is 7.89. The van der Waals surface area contributed by atoms with Crippen molar-refractivity contribution in [2.75, 3.05) is 20.3 Å². The van der Waals surface area contributed by atoms with E-state index in [2.05, 4.69) is 24.0 Å². The molecule has 0 aliphatic rings. The van der Waals surface area contributed by atoms with E-state index >= 15 is 0 Å². The monoisotopic (exact) mass is 413 g/mol. The molecule has 0 spiro atoms. The maximum absolute atomic E-state index is 13.2. The van der Waals surface area contributed by atoms with E-state index in [-0.39, 0.29) is 18.0 Å². The lowest BCUT2D eigenvalue weighted by Crippen LogP contribution is -2.34. The summed E-state index contributed by atoms with van der Waals surface area (Å²) in [6.07, 6.45) is 3.59. The van der Waals surface area contributed by atoms with Crippen molar-refractivity contribution in [2.45, 2.75) is 31.8 Å². The van der Waals surface area contributed by atoms with Gasteiger partial charge < -0.3 is 9.30 Å². The second-order valence-corrected chi connectivity index (χ2v) is 8.98. The van der Waals surface area contributed by atoms with Gasteiger partial charge in [-0.3, -0.25) is 0 Å². The Morgan fingerprint density at radius 1 is 1.07 bits per heavy atom. The Morgan fingerprint density at radius 2 is 1.79 bits per heavy atom. The number of sulfonamides is 1. The van der Waals surface area contributed by atoms with Gasteiger partial charge in [-0.05, 0) is 37.1 Å². The third kappa shape index (κ3) is 5.12. The van der Waals surface area contributed by atoms with Gasteiger partial charge in [-0.15, -0.1) is 0 Å². The van der Waals surface area contributed by atoms with Crippen molar-refractivity contribution in [3.05, 3.63) is 83.4 Å². The summed E-state index contributed by atoms with van der Waals surface area (Å²) in [7, 11) is -2.10. The lowest BCUT2D eigenvalue weighted by molar-refractivity contribution is 0.176. The highest BCUT2D eigenvalue weighted by atomic mass is 32.2. The molecule has 0 radical (unpaired) electrons. The standard InChI is InChI=1S/C22H27N3O3S/c1-18-8-10-21(11-9-18)29(26,27)25(14-15-28-3)17-22-23-12-13-24(22)16-20-7-5-4-6-19(20)2/h4-13H,14-17H2,1-3H3. The van der Waals surface area contributed by atoms with Crippen LogP contribution in [-0.2, 0) is 27.8 Å². The summed E-state index contributed by atoms with van der Waals surface area (Å²) in [5.74, 6) is 0.694. The van der Waals surface area contributed by atoms with E-state index < -0.39 is 10.0 Å². The minimum absolute atomic E-state index is 0.179. The van der Waals surface area contributed by atoms with Gasteiger partial charge in [0.05, 0.1) is 18.0 Å². The van der Waals surface area contributed by atoms with Crippen LogP contribution in [0, 0.1) is 13.8 Å². The topological polar surface area (TPSA) is 64.4 Å². The number of methoxy groups -OCH3 is 1. The van der Waals surface area contributed by atoms with Gasteiger partial charge in [0, 0.05) is 32.6 Å². The Hall–Kier alpha value is -2.48. The first-order valence-electron chi connectivity index (χ1n) is 9.52. The Balaban J connectivity index is 1.87. The van der Waals surface area contributed by atoms with Crippen LogP contribution in [0.1, 0.15) is 22.5 Å². The van der Waals surface area contributed by atoms with Crippen molar-refractivity contribution in [1.29, 1.82) is 0 Å². The normalized spacial score (nSPS) is 11.9. The number of nitrogens with zero attached hydrogens (tertiary/aromatic N) is 3. The summed E-state index contributed by atoms with van der Waals surface area (Å²) in [6, 6.07) is 15.1. The van der Waals surface area contributed by atoms with E-state index in [4.69, 9.17) is 4.74 Å². The minimum Gasteiger partial charge on any atom is -0.383 e. The van der Waals surface area contributed by atoms with Crippen LogP contribution in [-0.4, -0.2) is 42.5 Å². The first kappa shape index (κ1) is 21.2. The van der Waals surface area contributed by atoms with Gasteiger partial charge in [-0.1, -0.05) is 42.0 Å². The molecule has 3 aromatic rings. The second-order valence-electron chi connectivity index (χ2n) is 7.04. The van der Waals surface area contributed by atoms with Crippen LogP contribution >= 0.6 is 0 Å². The fraction of sp³-hybridized carbons (Fsp3) is 0.318. The number of ether oxygens (including phenoxy) is 1. The molecule has 7 heteroatoms. The van der Waals surface area contributed by atoms with Crippen molar-refractivity contribution in [2.24, 2.45) is 0 Å². The summed E-state index contributed by atoms with van der Waals surface area (Å²) < 4.78 is 35.0. The van der Waals surface area contributed by atoms with Crippen LogP contribution in [0.3, 0.4) is 0 Å². The first-order chi connectivity index (χ1) is 13.9. The van der Waals surface area contributed by atoms with Gasteiger partial charge in [0.1, 0.15) is 5.82 Å². The molecule has 0 fully saturated rings. The van der Waals surface area contributed by atoms with Gasteiger partial charge in [-0.25, -0.2) is 13.4 Å². The lowest BCUT2D eigenvalue weighted by atomic mass is 10.1. The smallest absolute Gasteiger partial charge is 0.243 e. The first-order valence-corrected chi connectivity index (χ1v) is 11.0. The zero-order valence-corrected chi connectivity index (χ0v) is 17.9. The summed E-state index contributed by atoms with van der Waals surface area (Å²) in [4.78, 5) is 4.70. The molecular formula is C22H27N3O3S. The molecule has 1 heterocycles. The predicted octanol–water partition coefficient (Wildman–Crippen LogP) is 3.39. The van der Waals surface area contributed by atoms with E-state index in [1.165, 1.54) is 15.4 Å². The average molecular weight is 414 g/mol. The zero-order valence-electron chi connectivity index (χ0n) is 17.1. The number of hydrogen-bond donors (Lipinski definition) is 0. The molecule has 0 aliphatic carbocycles. The van der Waals surface area contributed by atoms with Gasteiger partial charge >= 0.3 is 0 Å². The van der Waals surface area contributed by atoms with Crippen molar-refractivity contribution in [1.82, 2.24) is 13.9 Å². The molecule has 0 saturated carbocycles. The molecule has 1 aromatic heterocycles. The Labute approximate surface area is 172 Å². The Kier molecular flexibility index (Phi) is 6.84. The van der Waals surface area contributed by atoms with Gasteiger partial charge in [-0.2, -0.15) is 4.31 Å². The summed E-state index contributed by atoms with van der Waals surface area (Å²) in [6.45, 7) is 5.39. The number of imidazole rings is 1. The van der Waals surface area contributed by atoms with Crippen LogP contribution in [0.25, 0.3) is 0 Å². The molecule has 0 amide bonds.